The maximum Gasteiger partial charge on any atom is 0.316 e. The van der Waals surface area contributed by atoms with Crippen LogP contribution in [-0.2, 0) is 27.2 Å². The lowest BCUT2D eigenvalue weighted by Crippen LogP contribution is -2.55. The van der Waals surface area contributed by atoms with E-state index in [2.05, 4.69) is 16.0 Å². The molecule has 35 heavy (non-hydrogen) atoms. The van der Waals surface area contributed by atoms with Gasteiger partial charge in [0.25, 0.3) is 0 Å². The molecule has 0 saturated carbocycles. The van der Waals surface area contributed by atoms with E-state index < -0.39 is 36.5 Å². The van der Waals surface area contributed by atoms with Crippen LogP contribution in [0.5, 0.6) is 0 Å². The molecule has 0 radical (unpaired) electrons. The molecular formula is C26H33FN4O4. The average Bonchev–Trinajstić information content (AvgIpc) is 2.90. The van der Waals surface area contributed by atoms with Gasteiger partial charge in [-0.2, -0.15) is 0 Å². The third-order valence-electron chi connectivity index (χ3n) is 5.87. The predicted octanol–water partition coefficient (Wildman–Crippen LogP) is 1.84. The van der Waals surface area contributed by atoms with Crippen molar-refractivity contribution in [2.24, 2.45) is 0 Å². The van der Waals surface area contributed by atoms with Crippen LogP contribution in [0, 0.1) is 0 Å². The van der Waals surface area contributed by atoms with Gasteiger partial charge in [-0.05, 0) is 24.0 Å². The fraction of sp³-hybridized carbons (Fsp3) is 0.423. The van der Waals surface area contributed by atoms with Gasteiger partial charge >= 0.3 is 6.03 Å². The van der Waals surface area contributed by atoms with Gasteiger partial charge in [0, 0.05) is 19.5 Å². The largest absolute Gasteiger partial charge is 0.379 e. The molecule has 0 spiro atoms. The number of carbonyl (C=O) groups is 3. The van der Waals surface area contributed by atoms with Crippen molar-refractivity contribution in [1.82, 2.24) is 20.9 Å². The summed E-state index contributed by atoms with van der Waals surface area (Å²) in [4.78, 5) is 40.0. The average molecular weight is 485 g/mol. The topological polar surface area (TPSA) is 99.8 Å². The molecule has 1 fully saturated rings. The Morgan fingerprint density at radius 3 is 2.14 bits per heavy atom. The molecule has 1 saturated heterocycles. The minimum Gasteiger partial charge on any atom is -0.379 e. The Hall–Kier alpha value is -3.30. The van der Waals surface area contributed by atoms with Crippen LogP contribution in [0.25, 0.3) is 0 Å². The van der Waals surface area contributed by atoms with Crippen LogP contribution >= 0.6 is 0 Å². The maximum absolute atomic E-state index is 13.3. The van der Waals surface area contributed by atoms with Crippen LogP contribution < -0.4 is 16.0 Å². The normalized spacial score (nSPS) is 15.6. The second-order valence-corrected chi connectivity index (χ2v) is 8.47. The lowest BCUT2D eigenvalue weighted by molar-refractivity contribution is -0.129. The van der Waals surface area contributed by atoms with Gasteiger partial charge in [0.1, 0.15) is 12.7 Å². The number of hydrogen-bond donors (Lipinski definition) is 3. The number of rotatable bonds is 12. The number of alkyl halides is 1. The van der Waals surface area contributed by atoms with E-state index in [1.165, 1.54) is 0 Å². The third kappa shape index (κ3) is 9.11. The van der Waals surface area contributed by atoms with Gasteiger partial charge in [-0.15, -0.1) is 0 Å². The third-order valence-corrected chi connectivity index (χ3v) is 5.87. The number of urea groups is 1. The van der Waals surface area contributed by atoms with Gasteiger partial charge in [0.15, 0.2) is 5.78 Å². The standard InChI is InChI=1S/C26H33FN4O4/c27-18-24(32)22(12-11-20-7-3-1-4-8-20)29-25(33)23(17-21-9-5-2-6-10-21)30-26(34)28-19-31-13-15-35-16-14-31/h1-10,22-23H,11-19H2,(H,29,33)(H2,28,30,34)/t22-,23-/m0/s1. The first-order valence-corrected chi connectivity index (χ1v) is 11.9. The molecule has 2 atom stereocenters. The number of halogens is 1. The van der Waals surface area contributed by atoms with Crippen LogP contribution in [0.4, 0.5) is 9.18 Å². The summed E-state index contributed by atoms with van der Waals surface area (Å²) < 4.78 is 18.6. The number of amides is 3. The van der Waals surface area contributed by atoms with Crippen LogP contribution in [-0.4, -0.2) is 74.4 Å². The Morgan fingerprint density at radius 1 is 0.886 bits per heavy atom. The smallest absolute Gasteiger partial charge is 0.316 e. The van der Waals surface area contributed by atoms with Crippen molar-refractivity contribution in [3.05, 3.63) is 71.8 Å². The summed E-state index contributed by atoms with van der Waals surface area (Å²) >= 11 is 0. The fourth-order valence-electron chi connectivity index (χ4n) is 3.85. The quantitative estimate of drug-likeness (QED) is 0.427. The van der Waals surface area contributed by atoms with Gasteiger partial charge in [-0.1, -0.05) is 60.7 Å². The van der Waals surface area contributed by atoms with E-state index in [0.717, 1.165) is 11.1 Å². The van der Waals surface area contributed by atoms with Crippen molar-refractivity contribution in [3.8, 4) is 0 Å². The van der Waals surface area contributed by atoms with E-state index in [1.807, 2.05) is 65.6 Å². The number of nitrogens with one attached hydrogen (secondary N) is 3. The van der Waals surface area contributed by atoms with E-state index >= 15 is 0 Å². The van der Waals surface area contributed by atoms with Crippen molar-refractivity contribution in [2.75, 3.05) is 39.6 Å². The van der Waals surface area contributed by atoms with Crippen LogP contribution in [0.2, 0.25) is 0 Å². The lowest BCUT2D eigenvalue weighted by Gasteiger charge is -2.27. The zero-order valence-electron chi connectivity index (χ0n) is 19.8. The van der Waals surface area contributed by atoms with Crippen LogP contribution in [0.15, 0.2) is 60.7 Å². The number of benzene rings is 2. The summed E-state index contributed by atoms with van der Waals surface area (Å²) in [6.07, 6.45) is 1.00. The van der Waals surface area contributed by atoms with Crippen molar-refractivity contribution >= 4 is 17.7 Å². The van der Waals surface area contributed by atoms with Gasteiger partial charge in [0.2, 0.25) is 5.91 Å². The number of hydrogen-bond acceptors (Lipinski definition) is 5. The number of ether oxygens (including phenoxy) is 1. The highest BCUT2D eigenvalue weighted by atomic mass is 19.1. The van der Waals surface area contributed by atoms with E-state index in [9.17, 15) is 18.8 Å². The highest BCUT2D eigenvalue weighted by Crippen LogP contribution is 2.09. The molecule has 2 aromatic rings. The fourth-order valence-corrected chi connectivity index (χ4v) is 3.85. The molecule has 1 aliphatic rings. The maximum atomic E-state index is 13.3. The lowest BCUT2D eigenvalue weighted by atomic mass is 10.0. The highest BCUT2D eigenvalue weighted by Gasteiger charge is 2.27. The summed E-state index contributed by atoms with van der Waals surface area (Å²) in [5.74, 6) is -1.22. The molecule has 1 aliphatic heterocycles. The molecule has 9 heteroatoms. The zero-order valence-corrected chi connectivity index (χ0v) is 19.8. The Bertz CT molecular complexity index is 939. The van der Waals surface area contributed by atoms with Gasteiger partial charge < -0.3 is 20.7 Å². The number of morpholine rings is 1. The molecule has 3 amide bonds. The molecule has 0 unspecified atom stereocenters. The molecule has 3 rings (SSSR count). The SMILES string of the molecule is O=C(NCN1CCOCC1)N[C@@H](Cc1ccccc1)C(=O)N[C@@H](CCc1ccccc1)C(=O)CF. The number of carbonyl (C=O) groups excluding carboxylic acids is 3. The Kier molecular flexibility index (Phi) is 10.7. The van der Waals surface area contributed by atoms with Crippen molar-refractivity contribution in [2.45, 2.75) is 31.3 Å². The molecule has 3 N–H and O–H groups in total. The minimum atomic E-state index is -1.17. The van der Waals surface area contributed by atoms with Crippen molar-refractivity contribution in [1.29, 1.82) is 0 Å². The van der Waals surface area contributed by atoms with Gasteiger partial charge in [-0.25, -0.2) is 9.18 Å². The van der Waals surface area contributed by atoms with E-state index in [4.69, 9.17) is 4.74 Å². The molecule has 8 nitrogen and oxygen atoms in total. The summed E-state index contributed by atoms with van der Waals surface area (Å²) in [5, 5.41) is 8.16. The Labute approximate surface area is 205 Å². The molecule has 188 valence electrons. The molecule has 0 aliphatic carbocycles. The van der Waals surface area contributed by atoms with Crippen molar-refractivity contribution < 1.29 is 23.5 Å². The Morgan fingerprint density at radius 2 is 1.51 bits per heavy atom. The van der Waals surface area contributed by atoms with Crippen LogP contribution in [0.1, 0.15) is 17.5 Å². The second-order valence-electron chi connectivity index (χ2n) is 8.47. The molecule has 0 bridgehead atoms. The molecular weight excluding hydrogens is 451 g/mol. The number of nitrogens with zero attached hydrogens (tertiary/aromatic N) is 1. The molecule has 1 heterocycles. The zero-order chi connectivity index (χ0) is 24.9. The van der Waals surface area contributed by atoms with E-state index in [1.54, 1.807) is 0 Å². The summed E-state index contributed by atoms with van der Waals surface area (Å²) in [6.45, 7) is 1.79. The highest BCUT2D eigenvalue weighted by molar-refractivity contribution is 5.93. The predicted molar refractivity (Wildman–Crippen MR) is 131 cm³/mol. The van der Waals surface area contributed by atoms with Gasteiger partial charge in [-0.3, -0.25) is 14.5 Å². The minimum absolute atomic E-state index is 0.229. The van der Waals surface area contributed by atoms with Crippen LogP contribution in [0.3, 0.4) is 0 Å². The summed E-state index contributed by atoms with van der Waals surface area (Å²) in [5.41, 5.74) is 1.83. The Balaban J connectivity index is 1.63. The molecule has 0 aromatic heterocycles. The first kappa shape index (κ1) is 26.3. The van der Waals surface area contributed by atoms with Crippen molar-refractivity contribution in [3.63, 3.8) is 0 Å². The number of aryl methyl sites for hydroxylation is 1. The molecule has 2 aromatic carbocycles. The summed E-state index contributed by atoms with van der Waals surface area (Å²) in [6, 6.07) is 16.3. The van der Waals surface area contributed by atoms with Gasteiger partial charge in [0.05, 0.1) is 25.9 Å². The second kappa shape index (κ2) is 14.2. The van der Waals surface area contributed by atoms with E-state index in [0.29, 0.717) is 39.4 Å². The summed E-state index contributed by atoms with van der Waals surface area (Å²) in [7, 11) is 0. The monoisotopic (exact) mass is 484 g/mol. The van der Waals surface area contributed by atoms with E-state index in [-0.39, 0.29) is 12.8 Å². The number of ketones is 1. The first-order chi connectivity index (χ1) is 17.0. The number of Topliss-reactive ketones (excluding diaryl/α,β-unsaturated/α-hetero) is 1. The first-order valence-electron chi connectivity index (χ1n) is 11.9.